The third-order valence-corrected chi connectivity index (χ3v) is 8.96. The Morgan fingerprint density at radius 2 is 1.32 bits per heavy atom. The van der Waals surface area contributed by atoms with E-state index in [1.165, 1.54) is 75.2 Å². The molecule has 0 aliphatic carbocycles. The lowest BCUT2D eigenvalue weighted by atomic mass is 10.2. The number of unbranched alkanes of at least 4 members (excludes halogenated alkanes) is 6. The third kappa shape index (κ3) is 17.7. The average molecular weight is 384 g/mol. The molecule has 0 heterocycles. The van der Waals surface area contributed by atoms with E-state index in [0.717, 1.165) is 5.25 Å². The first kappa shape index (κ1) is 23.4. The highest BCUT2D eigenvalue weighted by molar-refractivity contribution is 8.78. The van der Waals surface area contributed by atoms with E-state index in [-0.39, 0.29) is 0 Å². The summed E-state index contributed by atoms with van der Waals surface area (Å²) in [7, 11) is 12.8. The molecule has 0 spiro atoms. The molecule has 0 saturated carbocycles. The lowest BCUT2D eigenvalue weighted by Crippen LogP contribution is -2.24. The van der Waals surface area contributed by atoms with E-state index in [4.69, 9.17) is 0 Å². The quantitative estimate of drug-likeness (QED) is 0.199. The molecule has 0 amide bonds. The highest BCUT2D eigenvalue weighted by atomic mass is 33.1. The van der Waals surface area contributed by atoms with Crippen LogP contribution in [-0.2, 0) is 0 Å². The van der Waals surface area contributed by atoms with Crippen molar-refractivity contribution in [1.29, 1.82) is 0 Å². The smallest absolute Gasteiger partial charge is 0.0377 e. The van der Waals surface area contributed by atoms with Gasteiger partial charge in [0.05, 0.1) is 0 Å². The van der Waals surface area contributed by atoms with Gasteiger partial charge < -0.3 is 4.90 Å². The molecule has 0 aliphatic heterocycles. The van der Waals surface area contributed by atoms with Crippen molar-refractivity contribution >= 4 is 43.2 Å². The van der Waals surface area contributed by atoms with Crippen molar-refractivity contribution in [3.05, 3.63) is 0 Å². The molecule has 22 heavy (non-hydrogen) atoms. The van der Waals surface area contributed by atoms with Crippen LogP contribution in [0.2, 0.25) is 0 Å². The molecule has 0 aromatic heterocycles. The summed E-state index contributed by atoms with van der Waals surface area (Å²) >= 11 is 0. The molecule has 134 valence electrons. The van der Waals surface area contributed by atoms with E-state index in [9.17, 15) is 0 Å². The van der Waals surface area contributed by atoms with E-state index in [1.807, 2.05) is 0 Å². The molecule has 0 saturated heterocycles. The maximum Gasteiger partial charge on any atom is 0.0377 e. The van der Waals surface area contributed by atoms with Crippen LogP contribution in [0.5, 0.6) is 0 Å². The van der Waals surface area contributed by atoms with Gasteiger partial charge in [-0.2, -0.15) is 0 Å². The van der Waals surface area contributed by atoms with E-state index < -0.39 is 0 Å². The van der Waals surface area contributed by atoms with E-state index in [2.05, 4.69) is 76.0 Å². The summed E-state index contributed by atoms with van der Waals surface area (Å²) in [5, 5.41) is 0.763. The maximum absolute atomic E-state index is 2.34. The van der Waals surface area contributed by atoms with Gasteiger partial charge in [0.2, 0.25) is 0 Å². The Kier molecular flexibility index (Phi) is 19.9. The van der Waals surface area contributed by atoms with Crippen molar-refractivity contribution in [1.82, 2.24) is 4.90 Å². The molecule has 0 bridgehead atoms. The summed E-state index contributed by atoms with van der Waals surface area (Å²) < 4.78 is 0. The van der Waals surface area contributed by atoms with Gasteiger partial charge in [-0.3, -0.25) is 0 Å². The first-order valence-electron chi connectivity index (χ1n) is 8.88. The van der Waals surface area contributed by atoms with Crippen molar-refractivity contribution in [2.24, 2.45) is 0 Å². The van der Waals surface area contributed by atoms with Crippen molar-refractivity contribution < 1.29 is 0 Å². The molecule has 0 aliphatic rings. The highest BCUT2D eigenvalue weighted by Crippen LogP contribution is 2.33. The molecule has 1 nitrogen and oxygen atoms in total. The van der Waals surface area contributed by atoms with Gasteiger partial charge in [-0.05, 0) is 26.9 Å². The standard InChI is InChI=1S/C17H37NS4/c1-5-7-9-11-13-19-21-16-17(15-18(3)4)22-20-14-12-10-8-6-2/h17H,5-16H2,1-4H3. The molecule has 1 atom stereocenters. The molecular formula is C17H37NS4. The van der Waals surface area contributed by atoms with Gasteiger partial charge in [0.1, 0.15) is 0 Å². The second-order valence-electron chi connectivity index (χ2n) is 6.03. The van der Waals surface area contributed by atoms with Gasteiger partial charge in [-0.1, -0.05) is 95.5 Å². The number of nitrogens with zero attached hydrogens (tertiary/aromatic N) is 1. The van der Waals surface area contributed by atoms with Gasteiger partial charge in [-0.15, -0.1) is 0 Å². The Balaban J connectivity index is 3.61. The average Bonchev–Trinajstić information content (AvgIpc) is 2.49. The number of rotatable bonds is 17. The predicted octanol–water partition coefficient (Wildman–Crippen LogP) is 6.84. The maximum atomic E-state index is 2.34. The van der Waals surface area contributed by atoms with Crippen molar-refractivity contribution in [2.45, 2.75) is 70.5 Å². The molecule has 0 N–H and O–H groups in total. The second-order valence-corrected chi connectivity index (χ2v) is 11.4. The van der Waals surface area contributed by atoms with Gasteiger partial charge in [-0.25, -0.2) is 0 Å². The topological polar surface area (TPSA) is 3.24 Å². The Bertz CT molecular complexity index is 215. The zero-order chi connectivity index (χ0) is 16.5. The van der Waals surface area contributed by atoms with Gasteiger partial charge in [0.25, 0.3) is 0 Å². The first-order chi connectivity index (χ1) is 10.7. The monoisotopic (exact) mass is 383 g/mol. The fourth-order valence-corrected chi connectivity index (χ4v) is 7.86. The molecule has 0 fully saturated rings. The van der Waals surface area contributed by atoms with Crippen LogP contribution in [-0.4, -0.2) is 48.0 Å². The molecule has 0 aromatic rings. The zero-order valence-corrected chi connectivity index (χ0v) is 18.4. The summed E-state index contributed by atoms with van der Waals surface area (Å²) in [5.41, 5.74) is 0. The number of hydrogen-bond acceptors (Lipinski definition) is 5. The molecule has 1 unspecified atom stereocenters. The summed E-state index contributed by atoms with van der Waals surface area (Å²) in [6.45, 7) is 5.77. The Hall–Kier alpha value is 1.36. The minimum atomic E-state index is 0.763. The Morgan fingerprint density at radius 3 is 1.86 bits per heavy atom. The zero-order valence-electron chi connectivity index (χ0n) is 15.1. The fraction of sp³-hybridized carbons (Fsp3) is 1.00. The summed E-state index contributed by atoms with van der Waals surface area (Å²) in [6.07, 6.45) is 11.1. The van der Waals surface area contributed by atoms with Gasteiger partial charge in [0.15, 0.2) is 0 Å². The van der Waals surface area contributed by atoms with Gasteiger partial charge >= 0.3 is 0 Å². The minimum absolute atomic E-state index is 0.763. The molecule has 5 heteroatoms. The van der Waals surface area contributed by atoms with Gasteiger partial charge in [0, 0.05) is 29.1 Å². The van der Waals surface area contributed by atoms with Crippen LogP contribution in [0.15, 0.2) is 0 Å². The lowest BCUT2D eigenvalue weighted by Gasteiger charge is -2.19. The molecule has 0 aromatic carbocycles. The van der Waals surface area contributed by atoms with Crippen LogP contribution in [0.4, 0.5) is 0 Å². The van der Waals surface area contributed by atoms with E-state index >= 15 is 0 Å². The van der Waals surface area contributed by atoms with E-state index in [1.54, 1.807) is 0 Å². The van der Waals surface area contributed by atoms with Crippen LogP contribution in [0.3, 0.4) is 0 Å². The highest BCUT2D eigenvalue weighted by Gasteiger charge is 2.11. The SMILES string of the molecule is CCCCCCSSCC(CN(C)C)SSCCCCCC. The van der Waals surface area contributed by atoms with Crippen LogP contribution >= 0.6 is 43.2 Å². The molecule has 0 rings (SSSR count). The van der Waals surface area contributed by atoms with Crippen LogP contribution in [0, 0.1) is 0 Å². The third-order valence-electron chi connectivity index (χ3n) is 3.27. The minimum Gasteiger partial charge on any atom is -0.308 e. The Morgan fingerprint density at radius 1 is 0.727 bits per heavy atom. The summed E-state index contributed by atoms with van der Waals surface area (Å²) in [6, 6.07) is 0. The molecule has 0 radical (unpaired) electrons. The predicted molar refractivity (Wildman–Crippen MR) is 116 cm³/mol. The number of hydrogen-bond donors (Lipinski definition) is 0. The van der Waals surface area contributed by atoms with Crippen molar-refractivity contribution in [2.75, 3.05) is 37.9 Å². The lowest BCUT2D eigenvalue weighted by molar-refractivity contribution is 0.415. The second kappa shape index (κ2) is 18.7. The van der Waals surface area contributed by atoms with Crippen molar-refractivity contribution in [3.8, 4) is 0 Å². The summed E-state index contributed by atoms with van der Waals surface area (Å²) in [4.78, 5) is 2.34. The summed E-state index contributed by atoms with van der Waals surface area (Å²) in [5.74, 6) is 3.93. The first-order valence-corrected chi connectivity index (χ1v) is 13.7. The Labute approximate surface area is 156 Å². The molecular weight excluding hydrogens is 346 g/mol. The fourth-order valence-electron chi connectivity index (χ4n) is 2.02. The van der Waals surface area contributed by atoms with Crippen LogP contribution < -0.4 is 0 Å². The van der Waals surface area contributed by atoms with Crippen LogP contribution in [0.1, 0.15) is 65.2 Å². The van der Waals surface area contributed by atoms with Crippen LogP contribution in [0.25, 0.3) is 0 Å². The van der Waals surface area contributed by atoms with E-state index in [0.29, 0.717) is 0 Å². The van der Waals surface area contributed by atoms with Crippen molar-refractivity contribution in [3.63, 3.8) is 0 Å². The normalized spacial score (nSPS) is 13.0. The largest absolute Gasteiger partial charge is 0.308 e.